The number of aryl methyl sites for hydroxylation is 1. The summed E-state index contributed by atoms with van der Waals surface area (Å²) in [5.74, 6) is -2.36. The van der Waals surface area contributed by atoms with Crippen molar-refractivity contribution >= 4 is 11.7 Å². The van der Waals surface area contributed by atoms with E-state index in [0.29, 0.717) is 19.8 Å². The Kier molecular flexibility index (Phi) is 6.99. The molecule has 0 atom stereocenters. The third-order valence-corrected chi connectivity index (χ3v) is 4.25. The van der Waals surface area contributed by atoms with E-state index in [1.165, 1.54) is 12.5 Å². The Morgan fingerprint density at radius 3 is 2.76 bits per heavy atom. The minimum Gasteiger partial charge on any atom is -0.477 e. The fourth-order valence-electron chi connectivity index (χ4n) is 2.57. The van der Waals surface area contributed by atoms with Gasteiger partial charge in [0.05, 0.1) is 25.5 Å². The lowest BCUT2D eigenvalue weighted by Gasteiger charge is -2.34. The molecular formula is C19H27NO5. The van der Waals surface area contributed by atoms with Gasteiger partial charge in [-0.1, -0.05) is 36.8 Å². The highest BCUT2D eigenvalue weighted by atomic mass is 16.7. The number of ether oxygens (including phenoxy) is 2. The third kappa shape index (κ3) is 5.85. The Morgan fingerprint density at radius 1 is 1.40 bits per heavy atom. The summed E-state index contributed by atoms with van der Waals surface area (Å²) in [6.07, 6.45) is 2.76. The largest absolute Gasteiger partial charge is 0.477 e. The summed E-state index contributed by atoms with van der Waals surface area (Å²) in [5, 5.41) is 9.02. The van der Waals surface area contributed by atoms with Crippen molar-refractivity contribution in [2.24, 2.45) is 5.92 Å². The van der Waals surface area contributed by atoms with E-state index in [2.05, 4.69) is 12.1 Å². The topological polar surface area (TPSA) is 77.0 Å². The molecule has 1 fully saturated rings. The number of aliphatic carboxylic acids is 1. The molecule has 0 aliphatic carbocycles. The summed E-state index contributed by atoms with van der Waals surface area (Å²) in [6, 6.07) is 8.06. The Hall–Kier alpha value is -1.89. The second-order valence-electron chi connectivity index (χ2n) is 6.53. The molecule has 1 aromatic carbocycles. The maximum atomic E-state index is 11.0. The average molecular weight is 349 g/mol. The molecule has 6 nitrogen and oxygen atoms in total. The summed E-state index contributed by atoms with van der Waals surface area (Å²) < 4.78 is 10.7. The molecule has 6 heteroatoms. The van der Waals surface area contributed by atoms with Crippen LogP contribution in [-0.4, -0.2) is 36.7 Å². The molecule has 2 rings (SSSR count). The molecule has 1 aromatic rings. The standard InChI is InChI=1S/C19H27NO5/c1-14-7-6-9-17(11-14)15(2)20-25-10-5-4-8-16-12-23-19(3,18(21)22)24-13-16/h6-7,9,11,16,20H,2,4-5,8,10,12-13H2,1,3H3,(H,21,22). The predicted molar refractivity (Wildman–Crippen MR) is 94.6 cm³/mol. The van der Waals surface area contributed by atoms with Gasteiger partial charge < -0.3 is 14.6 Å². The molecule has 25 heavy (non-hydrogen) atoms. The second-order valence-corrected chi connectivity index (χ2v) is 6.53. The van der Waals surface area contributed by atoms with Gasteiger partial charge in [-0.2, -0.15) is 0 Å². The van der Waals surface area contributed by atoms with Crippen LogP contribution in [0.3, 0.4) is 0 Å². The smallest absolute Gasteiger partial charge is 0.364 e. The number of hydrogen-bond donors (Lipinski definition) is 2. The quantitative estimate of drug-likeness (QED) is 0.527. The summed E-state index contributed by atoms with van der Waals surface area (Å²) in [5.41, 5.74) is 5.81. The fraction of sp³-hybridized carbons (Fsp3) is 0.526. The Morgan fingerprint density at radius 2 is 2.12 bits per heavy atom. The van der Waals surface area contributed by atoms with Crippen LogP contribution in [0.4, 0.5) is 0 Å². The molecule has 138 valence electrons. The van der Waals surface area contributed by atoms with Gasteiger partial charge in [-0.15, -0.1) is 0 Å². The highest BCUT2D eigenvalue weighted by Gasteiger charge is 2.40. The highest BCUT2D eigenvalue weighted by molar-refractivity contribution is 5.75. The van der Waals surface area contributed by atoms with Gasteiger partial charge in [0.25, 0.3) is 5.79 Å². The Labute approximate surface area is 148 Å². The van der Waals surface area contributed by atoms with Crippen molar-refractivity contribution in [3.8, 4) is 0 Å². The number of rotatable bonds is 9. The van der Waals surface area contributed by atoms with Gasteiger partial charge in [-0.3, -0.25) is 10.3 Å². The molecule has 0 bridgehead atoms. The highest BCUT2D eigenvalue weighted by Crippen LogP contribution is 2.24. The molecule has 0 amide bonds. The zero-order chi connectivity index (χ0) is 18.3. The lowest BCUT2D eigenvalue weighted by Crippen LogP contribution is -2.47. The first-order valence-corrected chi connectivity index (χ1v) is 8.56. The zero-order valence-electron chi connectivity index (χ0n) is 14.9. The molecule has 2 N–H and O–H groups in total. The van der Waals surface area contributed by atoms with Crippen molar-refractivity contribution < 1.29 is 24.2 Å². The van der Waals surface area contributed by atoms with E-state index >= 15 is 0 Å². The number of hydrogen-bond acceptors (Lipinski definition) is 5. The molecule has 0 aromatic heterocycles. The summed E-state index contributed by atoms with van der Waals surface area (Å²) in [6.45, 7) is 8.83. The summed E-state index contributed by atoms with van der Waals surface area (Å²) >= 11 is 0. The van der Waals surface area contributed by atoms with Gasteiger partial charge in [0.1, 0.15) is 0 Å². The van der Waals surface area contributed by atoms with Crippen LogP contribution in [0.2, 0.25) is 0 Å². The van der Waals surface area contributed by atoms with Crippen molar-refractivity contribution in [3.05, 3.63) is 42.0 Å². The number of nitrogens with one attached hydrogen (secondary N) is 1. The van der Waals surface area contributed by atoms with Crippen LogP contribution >= 0.6 is 0 Å². The lowest BCUT2D eigenvalue weighted by molar-refractivity contribution is -0.271. The van der Waals surface area contributed by atoms with Crippen LogP contribution in [0.15, 0.2) is 30.8 Å². The average Bonchev–Trinajstić information content (AvgIpc) is 2.59. The summed E-state index contributed by atoms with van der Waals surface area (Å²) in [4.78, 5) is 16.5. The fourth-order valence-corrected chi connectivity index (χ4v) is 2.57. The van der Waals surface area contributed by atoms with Crippen molar-refractivity contribution in [2.75, 3.05) is 19.8 Å². The van der Waals surface area contributed by atoms with E-state index in [-0.39, 0.29) is 5.92 Å². The van der Waals surface area contributed by atoms with E-state index < -0.39 is 11.8 Å². The monoisotopic (exact) mass is 349 g/mol. The molecule has 0 unspecified atom stereocenters. The second kappa shape index (κ2) is 8.99. The number of unbranched alkanes of at least 4 members (excludes halogenated alkanes) is 1. The van der Waals surface area contributed by atoms with E-state index in [4.69, 9.17) is 19.4 Å². The molecule has 1 aliphatic heterocycles. The molecule has 0 saturated carbocycles. The maximum absolute atomic E-state index is 11.0. The number of carboxylic acid groups (broad SMARTS) is 1. The minimum absolute atomic E-state index is 0.225. The van der Waals surface area contributed by atoms with E-state index in [0.717, 1.165) is 30.5 Å². The van der Waals surface area contributed by atoms with Crippen molar-refractivity contribution in [3.63, 3.8) is 0 Å². The first-order chi connectivity index (χ1) is 11.9. The first-order valence-electron chi connectivity index (χ1n) is 8.56. The number of hydroxylamine groups is 1. The van der Waals surface area contributed by atoms with Gasteiger partial charge in [0.15, 0.2) is 0 Å². The predicted octanol–water partition coefficient (Wildman–Crippen LogP) is 3.12. The lowest BCUT2D eigenvalue weighted by atomic mass is 10.0. The summed E-state index contributed by atoms with van der Waals surface area (Å²) in [7, 11) is 0. The minimum atomic E-state index is -1.50. The molecular weight excluding hydrogens is 322 g/mol. The normalized spacial score (nSPS) is 23.2. The molecule has 1 heterocycles. The van der Waals surface area contributed by atoms with Crippen LogP contribution in [0, 0.1) is 12.8 Å². The first kappa shape index (κ1) is 19.4. The van der Waals surface area contributed by atoms with Gasteiger partial charge in [-0.05, 0) is 31.4 Å². The SMILES string of the molecule is C=C(NOCCCCC1COC(C)(C(=O)O)OC1)c1cccc(C)c1. The number of benzene rings is 1. The number of carboxylic acids is 1. The molecule has 0 spiro atoms. The Bertz CT molecular complexity index is 593. The van der Waals surface area contributed by atoms with Crippen molar-refractivity contribution in [1.82, 2.24) is 5.48 Å². The van der Waals surface area contributed by atoms with Gasteiger partial charge >= 0.3 is 5.97 Å². The van der Waals surface area contributed by atoms with Gasteiger partial charge in [-0.25, -0.2) is 4.79 Å². The van der Waals surface area contributed by atoms with Crippen LogP contribution in [0.25, 0.3) is 5.70 Å². The van der Waals surface area contributed by atoms with Crippen molar-refractivity contribution in [2.45, 2.75) is 38.9 Å². The Balaban J connectivity index is 1.56. The molecule has 0 radical (unpaired) electrons. The number of carbonyl (C=O) groups is 1. The van der Waals surface area contributed by atoms with Crippen LogP contribution < -0.4 is 5.48 Å². The maximum Gasteiger partial charge on any atom is 0.364 e. The molecule has 1 saturated heterocycles. The van der Waals surface area contributed by atoms with Crippen LogP contribution in [-0.2, 0) is 19.1 Å². The zero-order valence-corrected chi connectivity index (χ0v) is 14.9. The third-order valence-electron chi connectivity index (χ3n) is 4.25. The van der Waals surface area contributed by atoms with E-state index in [1.54, 1.807) is 0 Å². The van der Waals surface area contributed by atoms with Gasteiger partial charge in [0.2, 0.25) is 0 Å². The van der Waals surface area contributed by atoms with Crippen molar-refractivity contribution in [1.29, 1.82) is 0 Å². The van der Waals surface area contributed by atoms with Crippen LogP contribution in [0.5, 0.6) is 0 Å². The van der Waals surface area contributed by atoms with Gasteiger partial charge in [0, 0.05) is 12.8 Å². The van der Waals surface area contributed by atoms with Crippen LogP contribution in [0.1, 0.15) is 37.3 Å². The van der Waals surface area contributed by atoms with E-state index in [9.17, 15) is 4.79 Å². The molecule has 1 aliphatic rings. The van der Waals surface area contributed by atoms with E-state index in [1.807, 2.05) is 31.2 Å².